The standard InChI is InChI=1S/C14H22N2O/c1-4-15(5-2)12-14(17)16(6-3)13-10-8-7-9-11-13/h7-11H,4-6,12H2,1-3H3. The Bertz CT molecular complexity index is 333. The normalized spacial score (nSPS) is 10.6. The fourth-order valence-electron chi connectivity index (χ4n) is 1.83. The zero-order valence-corrected chi connectivity index (χ0v) is 11.0. The van der Waals surface area contributed by atoms with Gasteiger partial charge in [-0.1, -0.05) is 32.0 Å². The molecule has 0 heterocycles. The predicted octanol–water partition coefficient (Wildman–Crippen LogP) is 2.38. The summed E-state index contributed by atoms with van der Waals surface area (Å²) < 4.78 is 0. The topological polar surface area (TPSA) is 23.6 Å². The van der Waals surface area contributed by atoms with Gasteiger partial charge in [-0.3, -0.25) is 9.69 Å². The molecule has 0 aliphatic rings. The molecule has 0 aliphatic heterocycles. The van der Waals surface area contributed by atoms with Gasteiger partial charge in [0, 0.05) is 12.2 Å². The summed E-state index contributed by atoms with van der Waals surface area (Å²) in [6, 6.07) is 9.84. The van der Waals surface area contributed by atoms with E-state index in [4.69, 9.17) is 0 Å². The summed E-state index contributed by atoms with van der Waals surface area (Å²) in [4.78, 5) is 16.2. The van der Waals surface area contributed by atoms with E-state index < -0.39 is 0 Å². The Balaban J connectivity index is 2.71. The van der Waals surface area contributed by atoms with Crippen molar-refractivity contribution in [3.63, 3.8) is 0 Å². The molecule has 0 aliphatic carbocycles. The molecule has 3 nitrogen and oxygen atoms in total. The predicted molar refractivity (Wildman–Crippen MR) is 72.3 cm³/mol. The van der Waals surface area contributed by atoms with Crippen molar-refractivity contribution in [1.29, 1.82) is 0 Å². The van der Waals surface area contributed by atoms with Crippen molar-refractivity contribution in [2.75, 3.05) is 31.1 Å². The van der Waals surface area contributed by atoms with E-state index in [9.17, 15) is 4.79 Å². The largest absolute Gasteiger partial charge is 0.312 e. The van der Waals surface area contributed by atoms with Crippen LogP contribution in [0.4, 0.5) is 5.69 Å². The van der Waals surface area contributed by atoms with E-state index >= 15 is 0 Å². The summed E-state index contributed by atoms with van der Waals surface area (Å²) in [7, 11) is 0. The molecule has 1 aromatic rings. The van der Waals surface area contributed by atoms with E-state index in [1.54, 1.807) is 0 Å². The molecule has 0 bridgehead atoms. The van der Waals surface area contributed by atoms with Crippen LogP contribution in [0.5, 0.6) is 0 Å². The van der Waals surface area contributed by atoms with Crippen molar-refractivity contribution in [1.82, 2.24) is 4.90 Å². The summed E-state index contributed by atoms with van der Waals surface area (Å²) in [6.07, 6.45) is 0. The van der Waals surface area contributed by atoms with Gasteiger partial charge in [-0.2, -0.15) is 0 Å². The number of nitrogens with zero attached hydrogens (tertiary/aromatic N) is 2. The molecule has 1 rings (SSSR count). The molecule has 1 amide bonds. The first kappa shape index (κ1) is 13.7. The van der Waals surface area contributed by atoms with Gasteiger partial charge >= 0.3 is 0 Å². The van der Waals surface area contributed by atoms with Crippen molar-refractivity contribution in [3.8, 4) is 0 Å². The fraction of sp³-hybridized carbons (Fsp3) is 0.500. The van der Waals surface area contributed by atoms with Crippen molar-refractivity contribution < 1.29 is 4.79 Å². The summed E-state index contributed by atoms with van der Waals surface area (Å²) in [5.74, 6) is 0.169. The highest BCUT2D eigenvalue weighted by Gasteiger charge is 2.15. The van der Waals surface area contributed by atoms with Crippen LogP contribution in [0, 0.1) is 0 Å². The van der Waals surface area contributed by atoms with Gasteiger partial charge in [0.05, 0.1) is 6.54 Å². The number of anilines is 1. The van der Waals surface area contributed by atoms with Crippen LogP contribution in [-0.2, 0) is 4.79 Å². The van der Waals surface area contributed by atoms with Crippen molar-refractivity contribution in [2.45, 2.75) is 20.8 Å². The summed E-state index contributed by atoms with van der Waals surface area (Å²) >= 11 is 0. The second kappa shape index (κ2) is 7.07. The minimum atomic E-state index is 0.169. The fourth-order valence-corrected chi connectivity index (χ4v) is 1.83. The van der Waals surface area contributed by atoms with Gasteiger partial charge in [0.15, 0.2) is 0 Å². The molecular weight excluding hydrogens is 212 g/mol. The summed E-state index contributed by atoms with van der Waals surface area (Å²) in [6.45, 7) is 9.20. The van der Waals surface area contributed by atoms with Gasteiger partial charge in [-0.25, -0.2) is 0 Å². The molecule has 0 fully saturated rings. The average molecular weight is 234 g/mol. The van der Waals surface area contributed by atoms with E-state index in [2.05, 4.69) is 18.7 Å². The number of benzene rings is 1. The number of likely N-dealkylation sites (N-methyl/N-ethyl adjacent to an activating group) is 2. The van der Waals surface area contributed by atoms with Crippen LogP contribution in [0.2, 0.25) is 0 Å². The zero-order chi connectivity index (χ0) is 12.7. The molecule has 17 heavy (non-hydrogen) atoms. The third-order valence-electron chi connectivity index (χ3n) is 2.94. The van der Waals surface area contributed by atoms with E-state index in [0.29, 0.717) is 13.1 Å². The monoisotopic (exact) mass is 234 g/mol. The Morgan fingerprint density at radius 3 is 2.06 bits per heavy atom. The Morgan fingerprint density at radius 2 is 1.59 bits per heavy atom. The van der Waals surface area contributed by atoms with Gasteiger partial charge in [0.2, 0.25) is 5.91 Å². The molecule has 94 valence electrons. The van der Waals surface area contributed by atoms with E-state index in [-0.39, 0.29) is 5.91 Å². The third-order valence-corrected chi connectivity index (χ3v) is 2.94. The number of para-hydroxylation sites is 1. The Hall–Kier alpha value is -1.35. The smallest absolute Gasteiger partial charge is 0.241 e. The maximum Gasteiger partial charge on any atom is 0.241 e. The zero-order valence-electron chi connectivity index (χ0n) is 11.0. The van der Waals surface area contributed by atoms with Crippen LogP contribution in [0.25, 0.3) is 0 Å². The number of hydrogen-bond donors (Lipinski definition) is 0. The Morgan fingerprint density at radius 1 is 1.00 bits per heavy atom. The van der Waals surface area contributed by atoms with Gasteiger partial charge in [0.1, 0.15) is 0 Å². The van der Waals surface area contributed by atoms with Crippen molar-refractivity contribution in [2.24, 2.45) is 0 Å². The summed E-state index contributed by atoms with van der Waals surface area (Å²) in [5.41, 5.74) is 0.979. The lowest BCUT2D eigenvalue weighted by Gasteiger charge is -2.25. The first-order valence-corrected chi connectivity index (χ1v) is 6.30. The lowest BCUT2D eigenvalue weighted by atomic mass is 10.2. The van der Waals surface area contributed by atoms with Crippen molar-refractivity contribution in [3.05, 3.63) is 30.3 Å². The number of rotatable bonds is 6. The Labute approximate surface area is 104 Å². The first-order chi connectivity index (χ1) is 8.22. The SMILES string of the molecule is CCN(CC)CC(=O)N(CC)c1ccccc1. The van der Waals surface area contributed by atoms with Gasteiger partial charge < -0.3 is 4.90 Å². The van der Waals surface area contributed by atoms with Gasteiger partial charge in [-0.15, -0.1) is 0 Å². The van der Waals surface area contributed by atoms with Crippen molar-refractivity contribution >= 4 is 11.6 Å². The van der Waals surface area contributed by atoms with Crippen LogP contribution in [0.1, 0.15) is 20.8 Å². The van der Waals surface area contributed by atoms with Crippen LogP contribution in [0.3, 0.4) is 0 Å². The molecular formula is C14H22N2O. The van der Waals surface area contributed by atoms with Crippen LogP contribution < -0.4 is 4.90 Å². The molecule has 0 N–H and O–H groups in total. The lowest BCUT2D eigenvalue weighted by molar-refractivity contribution is -0.119. The highest BCUT2D eigenvalue weighted by molar-refractivity contribution is 5.94. The second-order valence-corrected chi connectivity index (χ2v) is 3.93. The molecule has 0 unspecified atom stereocenters. The molecule has 3 heteroatoms. The number of carbonyl (C=O) groups is 1. The van der Waals surface area contributed by atoms with Gasteiger partial charge in [0.25, 0.3) is 0 Å². The maximum atomic E-state index is 12.2. The van der Waals surface area contributed by atoms with Gasteiger partial charge in [-0.05, 0) is 32.1 Å². The first-order valence-electron chi connectivity index (χ1n) is 6.30. The number of hydrogen-bond acceptors (Lipinski definition) is 2. The molecule has 0 radical (unpaired) electrons. The molecule has 1 aromatic carbocycles. The molecule has 0 spiro atoms. The molecule has 0 saturated heterocycles. The lowest BCUT2D eigenvalue weighted by Crippen LogP contribution is -2.40. The molecule has 0 atom stereocenters. The second-order valence-electron chi connectivity index (χ2n) is 3.93. The molecule has 0 saturated carbocycles. The van der Waals surface area contributed by atoms with E-state index in [1.165, 1.54) is 0 Å². The van der Waals surface area contributed by atoms with E-state index in [1.807, 2.05) is 42.2 Å². The highest BCUT2D eigenvalue weighted by Crippen LogP contribution is 2.13. The summed E-state index contributed by atoms with van der Waals surface area (Å²) in [5, 5.41) is 0. The van der Waals surface area contributed by atoms with Crippen LogP contribution in [0.15, 0.2) is 30.3 Å². The number of carbonyl (C=O) groups excluding carboxylic acids is 1. The minimum Gasteiger partial charge on any atom is -0.312 e. The molecule has 0 aromatic heterocycles. The van der Waals surface area contributed by atoms with Crippen LogP contribution in [-0.4, -0.2) is 37.0 Å². The third kappa shape index (κ3) is 3.86. The highest BCUT2D eigenvalue weighted by atomic mass is 16.2. The van der Waals surface area contributed by atoms with E-state index in [0.717, 1.165) is 18.8 Å². The minimum absolute atomic E-state index is 0.169. The quantitative estimate of drug-likeness (QED) is 0.754. The average Bonchev–Trinajstić information content (AvgIpc) is 2.38. The maximum absolute atomic E-state index is 12.2. The van der Waals surface area contributed by atoms with Crippen LogP contribution >= 0.6 is 0 Å². The Kier molecular flexibility index (Phi) is 5.70. The number of amides is 1.